The molecule has 0 radical (unpaired) electrons. The number of nitrogens with zero attached hydrogens (tertiary/aromatic N) is 4. The topological polar surface area (TPSA) is 74.3 Å². The Hall–Kier alpha value is -2.31. The number of anilines is 1. The van der Waals surface area contributed by atoms with Gasteiger partial charge in [-0.2, -0.15) is 0 Å². The maximum absolute atomic E-state index is 12.4. The minimum atomic E-state index is -0.472. The number of carbonyl (C=O) groups is 1. The van der Waals surface area contributed by atoms with Crippen LogP contribution in [0.5, 0.6) is 0 Å². The van der Waals surface area contributed by atoms with Crippen LogP contribution in [0.2, 0.25) is 0 Å². The molecule has 2 fully saturated rings. The average molecular weight is 357 g/mol. The highest BCUT2D eigenvalue weighted by atomic mass is 16.6. The van der Waals surface area contributed by atoms with Crippen LogP contribution in [0.1, 0.15) is 52.0 Å². The Labute approximate surface area is 153 Å². The molecule has 1 N–H and O–H groups in total. The maximum atomic E-state index is 12.4. The lowest BCUT2D eigenvalue weighted by Crippen LogP contribution is -2.54. The molecule has 26 heavy (non-hydrogen) atoms. The van der Waals surface area contributed by atoms with Crippen LogP contribution in [0.3, 0.4) is 0 Å². The molecule has 7 nitrogen and oxygen atoms in total. The molecule has 1 aliphatic carbocycles. The summed E-state index contributed by atoms with van der Waals surface area (Å²) in [6.07, 6.45) is 5.95. The molecule has 1 saturated carbocycles. The normalized spacial score (nSPS) is 21.3. The van der Waals surface area contributed by atoms with Gasteiger partial charge in [0.15, 0.2) is 0 Å². The molecule has 0 spiro atoms. The number of amides is 1. The summed E-state index contributed by atoms with van der Waals surface area (Å²) in [5.41, 5.74) is 1.76. The number of nitrogens with one attached hydrogen (secondary N) is 1. The Bertz CT molecular complexity index is 821. The zero-order chi connectivity index (χ0) is 18.5. The summed E-state index contributed by atoms with van der Waals surface area (Å²) >= 11 is 0. The van der Waals surface area contributed by atoms with E-state index in [2.05, 4.69) is 33.0 Å². The number of piperazine rings is 1. The van der Waals surface area contributed by atoms with Crippen LogP contribution in [0.15, 0.2) is 12.5 Å². The van der Waals surface area contributed by atoms with Gasteiger partial charge in [0.1, 0.15) is 23.4 Å². The zero-order valence-electron chi connectivity index (χ0n) is 16.0. The fourth-order valence-electron chi connectivity index (χ4n) is 3.67. The molecule has 3 heterocycles. The van der Waals surface area contributed by atoms with Crippen molar-refractivity contribution in [3.63, 3.8) is 0 Å². The van der Waals surface area contributed by atoms with Crippen molar-refractivity contribution in [2.75, 3.05) is 24.5 Å². The molecule has 4 rings (SSSR count). The van der Waals surface area contributed by atoms with Crippen molar-refractivity contribution < 1.29 is 9.53 Å². The third-order valence-corrected chi connectivity index (χ3v) is 5.05. The van der Waals surface area contributed by atoms with Crippen molar-refractivity contribution in [3.8, 4) is 0 Å². The Morgan fingerprint density at radius 1 is 1.27 bits per heavy atom. The second-order valence-electron chi connectivity index (χ2n) is 8.41. The number of hydrogen-bond donors (Lipinski definition) is 1. The SMILES string of the molecule is C[C@@H]1CN(C(=O)OC(C)(C)C)CCN1c1ncnc2[nH]cc(C3CC3)c12. The average Bonchev–Trinajstić information content (AvgIpc) is 3.32. The summed E-state index contributed by atoms with van der Waals surface area (Å²) in [6.45, 7) is 9.82. The number of rotatable bonds is 2. The van der Waals surface area contributed by atoms with E-state index in [1.165, 1.54) is 18.4 Å². The van der Waals surface area contributed by atoms with Gasteiger partial charge in [0.2, 0.25) is 0 Å². The van der Waals surface area contributed by atoms with Gasteiger partial charge >= 0.3 is 6.09 Å². The van der Waals surface area contributed by atoms with Crippen molar-refractivity contribution >= 4 is 22.9 Å². The number of hydrogen-bond acceptors (Lipinski definition) is 5. The van der Waals surface area contributed by atoms with Crippen molar-refractivity contribution in [3.05, 3.63) is 18.1 Å². The van der Waals surface area contributed by atoms with Crippen LogP contribution in [-0.4, -0.2) is 57.2 Å². The van der Waals surface area contributed by atoms with Crippen molar-refractivity contribution in [1.29, 1.82) is 0 Å². The van der Waals surface area contributed by atoms with Gasteiger partial charge in [0, 0.05) is 31.9 Å². The van der Waals surface area contributed by atoms with Crippen molar-refractivity contribution in [2.24, 2.45) is 0 Å². The van der Waals surface area contributed by atoms with Crippen LogP contribution >= 0.6 is 0 Å². The van der Waals surface area contributed by atoms with Gasteiger partial charge in [-0.15, -0.1) is 0 Å². The van der Waals surface area contributed by atoms with E-state index in [0.717, 1.165) is 23.4 Å². The van der Waals surface area contributed by atoms with E-state index in [1.54, 1.807) is 11.2 Å². The van der Waals surface area contributed by atoms with Crippen LogP contribution in [0, 0.1) is 0 Å². The fraction of sp³-hybridized carbons (Fsp3) is 0.632. The quantitative estimate of drug-likeness (QED) is 0.893. The maximum Gasteiger partial charge on any atom is 0.410 e. The van der Waals surface area contributed by atoms with Gasteiger partial charge in [-0.05, 0) is 52.0 Å². The lowest BCUT2D eigenvalue weighted by molar-refractivity contribution is 0.0218. The summed E-state index contributed by atoms with van der Waals surface area (Å²) in [5, 5.41) is 1.15. The predicted octanol–water partition coefficient (Wildman–Crippen LogP) is 3.28. The van der Waals surface area contributed by atoms with E-state index in [4.69, 9.17) is 4.74 Å². The van der Waals surface area contributed by atoms with Gasteiger partial charge < -0.3 is 19.5 Å². The lowest BCUT2D eigenvalue weighted by atomic mass is 10.1. The lowest BCUT2D eigenvalue weighted by Gasteiger charge is -2.41. The molecule has 0 aromatic carbocycles. The summed E-state index contributed by atoms with van der Waals surface area (Å²) in [5.74, 6) is 1.61. The molecule has 1 atom stereocenters. The van der Waals surface area contributed by atoms with E-state index in [-0.39, 0.29) is 12.1 Å². The molecule has 140 valence electrons. The molecule has 0 bridgehead atoms. The summed E-state index contributed by atoms with van der Waals surface area (Å²) in [4.78, 5) is 28.8. The number of carbonyl (C=O) groups excluding carboxylic acids is 1. The molecule has 1 amide bonds. The first-order valence-corrected chi connectivity index (χ1v) is 9.40. The van der Waals surface area contributed by atoms with Crippen LogP contribution in [-0.2, 0) is 4.74 Å². The first-order chi connectivity index (χ1) is 12.3. The monoisotopic (exact) mass is 357 g/mol. The standard InChI is InChI=1S/C19H27N5O2/c1-12-10-23(18(25)26-19(2,3)4)7-8-24(12)17-15-14(13-5-6-13)9-20-16(15)21-11-22-17/h9,11-13H,5-8,10H2,1-4H3,(H,20,21,22)/t12-/m1/s1. The molecule has 2 aromatic rings. The highest BCUT2D eigenvalue weighted by Crippen LogP contribution is 2.45. The van der Waals surface area contributed by atoms with E-state index in [9.17, 15) is 4.79 Å². The highest BCUT2D eigenvalue weighted by Gasteiger charge is 2.33. The van der Waals surface area contributed by atoms with E-state index >= 15 is 0 Å². The molecule has 1 aliphatic heterocycles. The minimum absolute atomic E-state index is 0.163. The number of ether oxygens (including phenoxy) is 1. The summed E-state index contributed by atoms with van der Waals surface area (Å²) in [7, 11) is 0. The Morgan fingerprint density at radius 2 is 2.04 bits per heavy atom. The first kappa shape index (κ1) is 17.1. The zero-order valence-corrected chi connectivity index (χ0v) is 16.0. The minimum Gasteiger partial charge on any atom is -0.444 e. The molecule has 2 aromatic heterocycles. The molecule has 0 unspecified atom stereocenters. The Balaban J connectivity index is 1.56. The predicted molar refractivity (Wildman–Crippen MR) is 100 cm³/mol. The van der Waals surface area contributed by atoms with Crippen LogP contribution in [0.25, 0.3) is 11.0 Å². The second kappa shape index (κ2) is 6.14. The molecule has 2 aliphatic rings. The number of H-pyrrole nitrogens is 1. The molecular weight excluding hydrogens is 330 g/mol. The van der Waals surface area contributed by atoms with Crippen LogP contribution in [0.4, 0.5) is 10.6 Å². The second-order valence-corrected chi connectivity index (χ2v) is 8.41. The molecule has 7 heteroatoms. The van der Waals surface area contributed by atoms with Gasteiger partial charge in [-0.25, -0.2) is 14.8 Å². The Morgan fingerprint density at radius 3 is 2.69 bits per heavy atom. The Kier molecular flexibility index (Phi) is 4.04. The van der Waals surface area contributed by atoms with Gasteiger partial charge in [-0.1, -0.05) is 0 Å². The highest BCUT2D eigenvalue weighted by molar-refractivity contribution is 5.91. The van der Waals surface area contributed by atoms with Crippen LogP contribution < -0.4 is 4.90 Å². The smallest absolute Gasteiger partial charge is 0.410 e. The summed E-state index contributed by atoms with van der Waals surface area (Å²) in [6, 6.07) is 0.163. The van der Waals surface area contributed by atoms with E-state index in [1.807, 2.05) is 20.8 Å². The van der Waals surface area contributed by atoms with Gasteiger partial charge in [0.05, 0.1) is 5.39 Å². The number of fused-ring (bicyclic) bond motifs is 1. The number of aromatic nitrogens is 3. The first-order valence-electron chi connectivity index (χ1n) is 9.40. The van der Waals surface area contributed by atoms with Gasteiger partial charge in [0.25, 0.3) is 0 Å². The molecular formula is C19H27N5O2. The summed E-state index contributed by atoms with van der Waals surface area (Å²) < 4.78 is 5.52. The van der Waals surface area contributed by atoms with Crippen molar-refractivity contribution in [2.45, 2.75) is 58.1 Å². The molecule has 1 saturated heterocycles. The van der Waals surface area contributed by atoms with E-state index in [0.29, 0.717) is 19.0 Å². The van der Waals surface area contributed by atoms with Crippen molar-refractivity contribution in [1.82, 2.24) is 19.9 Å². The largest absolute Gasteiger partial charge is 0.444 e. The van der Waals surface area contributed by atoms with Gasteiger partial charge in [-0.3, -0.25) is 0 Å². The van der Waals surface area contributed by atoms with E-state index < -0.39 is 5.60 Å². The third kappa shape index (κ3) is 3.22. The third-order valence-electron chi connectivity index (χ3n) is 5.05. The fourth-order valence-corrected chi connectivity index (χ4v) is 3.67. The number of aromatic amines is 1.